The predicted molar refractivity (Wildman–Crippen MR) is 220 cm³/mol. The van der Waals surface area contributed by atoms with Crippen LogP contribution in [0.3, 0.4) is 0 Å². The number of aryl methyl sites for hydroxylation is 4. The Balaban J connectivity index is 1.47. The molecule has 0 saturated carbocycles. The summed E-state index contributed by atoms with van der Waals surface area (Å²) >= 11 is 0. The van der Waals surface area contributed by atoms with Crippen molar-refractivity contribution in [2.45, 2.75) is 85.5 Å². The summed E-state index contributed by atoms with van der Waals surface area (Å²) in [5.41, 5.74) is 21.6. The van der Waals surface area contributed by atoms with Gasteiger partial charge in [-0.25, -0.2) is 4.85 Å². The highest BCUT2D eigenvalue weighted by Gasteiger charge is 2.51. The Hall–Kier alpha value is -5.39. The quantitative estimate of drug-likeness (QED) is 0.169. The minimum Gasteiger partial charge on any atom is -0.309 e. The van der Waals surface area contributed by atoms with Gasteiger partial charge in [0.25, 0.3) is 0 Å². The highest BCUT2D eigenvalue weighted by Crippen LogP contribution is 2.64. The van der Waals surface area contributed by atoms with E-state index < -0.39 is 5.41 Å². The first-order valence-electron chi connectivity index (χ1n) is 18.6. The molecule has 258 valence electrons. The van der Waals surface area contributed by atoms with Crippen molar-refractivity contribution in [3.05, 3.63) is 176 Å². The highest BCUT2D eigenvalue weighted by molar-refractivity contribution is 5.97. The molecule has 2 nitrogen and oxygen atoms in total. The SMILES string of the molecule is [C-]#[N+]c1ccc2c(c1)C1(c3ccccc3-2)c2ccccc2-c2ccc(N(c3c(C)cc(C(C)(C)C)cc3C)c3c(C)cc(C(C)(C)C)cc3C)cc21. The summed E-state index contributed by atoms with van der Waals surface area (Å²) in [6, 6.07) is 40.8. The van der Waals surface area contributed by atoms with Gasteiger partial charge in [-0.3, -0.25) is 0 Å². The lowest BCUT2D eigenvalue weighted by molar-refractivity contribution is 0.589. The van der Waals surface area contributed by atoms with Crippen molar-refractivity contribution in [1.82, 2.24) is 0 Å². The van der Waals surface area contributed by atoms with Crippen LogP contribution >= 0.6 is 0 Å². The van der Waals surface area contributed by atoms with E-state index in [-0.39, 0.29) is 10.8 Å². The summed E-state index contributed by atoms with van der Waals surface area (Å²) in [4.78, 5) is 6.48. The number of benzene rings is 6. The molecule has 0 heterocycles. The summed E-state index contributed by atoms with van der Waals surface area (Å²) in [6.45, 7) is 30.9. The second kappa shape index (κ2) is 11.6. The first kappa shape index (κ1) is 33.7. The van der Waals surface area contributed by atoms with Gasteiger partial charge in [-0.15, -0.1) is 0 Å². The molecule has 1 unspecified atom stereocenters. The fraction of sp³-hybridized carbons (Fsp3) is 0.260. The van der Waals surface area contributed by atoms with Crippen LogP contribution in [0, 0.1) is 34.3 Å². The molecule has 0 aromatic heterocycles. The summed E-state index contributed by atoms with van der Waals surface area (Å²) in [6.07, 6.45) is 0. The molecule has 6 aromatic carbocycles. The Morgan fingerprint density at radius 2 is 0.885 bits per heavy atom. The Labute approximate surface area is 310 Å². The van der Waals surface area contributed by atoms with Gasteiger partial charge in [0.15, 0.2) is 5.69 Å². The summed E-state index contributed by atoms with van der Waals surface area (Å²) < 4.78 is 0. The van der Waals surface area contributed by atoms with Gasteiger partial charge in [-0.2, -0.15) is 0 Å². The summed E-state index contributed by atoms with van der Waals surface area (Å²) in [5.74, 6) is 0. The van der Waals surface area contributed by atoms with E-state index in [4.69, 9.17) is 6.57 Å². The van der Waals surface area contributed by atoms with Crippen LogP contribution < -0.4 is 4.90 Å². The minimum atomic E-state index is -0.541. The molecule has 2 aliphatic rings. The van der Waals surface area contributed by atoms with Crippen LogP contribution in [0.1, 0.15) is 97.2 Å². The lowest BCUT2D eigenvalue weighted by Gasteiger charge is -2.35. The normalized spacial score (nSPS) is 15.6. The number of hydrogen-bond donors (Lipinski definition) is 0. The molecule has 1 atom stereocenters. The van der Waals surface area contributed by atoms with Crippen LogP contribution in [0.15, 0.2) is 109 Å². The molecular formula is C50H48N2. The molecule has 0 radical (unpaired) electrons. The Morgan fingerprint density at radius 3 is 1.33 bits per heavy atom. The molecule has 0 aliphatic heterocycles. The van der Waals surface area contributed by atoms with Crippen molar-refractivity contribution in [3.63, 3.8) is 0 Å². The zero-order valence-electron chi connectivity index (χ0n) is 32.3. The Kier molecular flexibility index (Phi) is 7.50. The monoisotopic (exact) mass is 676 g/mol. The zero-order chi connectivity index (χ0) is 36.9. The molecule has 1 spiro atoms. The van der Waals surface area contributed by atoms with Gasteiger partial charge in [0.05, 0.1) is 23.4 Å². The van der Waals surface area contributed by atoms with Gasteiger partial charge in [-0.05, 0) is 129 Å². The third kappa shape index (κ3) is 4.82. The minimum absolute atomic E-state index is 0.0399. The number of rotatable bonds is 3. The maximum atomic E-state index is 8.00. The summed E-state index contributed by atoms with van der Waals surface area (Å²) in [7, 11) is 0. The largest absolute Gasteiger partial charge is 0.309 e. The van der Waals surface area contributed by atoms with E-state index in [1.54, 1.807) is 0 Å². The smallest absolute Gasteiger partial charge is 0.187 e. The fourth-order valence-electron chi connectivity index (χ4n) is 9.18. The van der Waals surface area contributed by atoms with Crippen molar-refractivity contribution in [1.29, 1.82) is 0 Å². The van der Waals surface area contributed by atoms with Crippen LogP contribution in [0.5, 0.6) is 0 Å². The molecule has 52 heavy (non-hydrogen) atoms. The second-order valence-electron chi connectivity index (χ2n) is 17.2. The summed E-state index contributed by atoms with van der Waals surface area (Å²) in [5, 5.41) is 0. The first-order valence-corrected chi connectivity index (χ1v) is 18.6. The van der Waals surface area contributed by atoms with Gasteiger partial charge >= 0.3 is 0 Å². The zero-order valence-corrected chi connectivity index (χ0v) is 32.3. The lowest BCUT2D eigenvalue weighted by Crippen LogP contribution is -2.26. The van der Waals surface area contributed by atoms with Gasteiger partial charge in [0.1, 0.15) is 0 Å². The van der Waals surface area contributed by atoms with Gasteiger partial charge in [-0.1, -0.05) is 139 Å². The van der Waals surface area contributed by atoms with E-state index in [0.717, 1.165) is 5.69 Å². The van der Waals surface area contributed by atoms with Crippen LogP contribution in [0.4, 0.5) is 22.7 Å². The molecule has 0 fully saturated rings. The molecule has 0 saturated heterocycles. The molecule has 0 bridgehead atoms. The van der Waals surface area contributed by atoms with Crippen molar-refractivity contribution in [2.24, 2.45) is 0 Å². The van der Waals surface area contributed by atoms with Crippen LogP contribution in [-0.2, 0) is 16.2 Å². The molecule has 2 heteroatoms. The van der Waals surface area contributed by atoms with Crippen LogP contribution in [-0.4, -0.2) is 0 Å². The molecule has 6 aromatic rings. The van der Waals surface area contributed by atoms with E-state index >= 15 is 0 Å². The third-order valence-corrected chi connectivity index (χ3v) is 11.6. The lowest BCUT2D eigenvalue weighted by atomic mass is 9.70. The first-order chi connectivity index (χ1) is 24.7. The standard InChI is InChI=1S/C50H48N2/c1-30-24-34(48(5,6)7)25-31(2)46(30)52(47-32(3)26-35(27-33(47)4)49(8,9)10)37-21-23-41-39-17-13-15-19-43(39)50(45(41)29-37)42-18-14-12-16-38(42)40-22-20-36(51-11)28-44(40)50/h12-29H,1-10H3. The van der Waals surface area contributed by atoms with Crippen LogP contribution in [0.2, 0.25) is 0 Å². The van der Waals surface area contributed by atoms with Crippen molar-refractivity contribution >= 4 is 22.7 Å². The average molecular weight is 677 g/mol. The molecule has 8 rings (SSSR count). The van der Waals surface area contributed by atoms with E-state index in [2.05, 4.69) is 182 Å². The fourth-order valence-corrected chi connectivity index (χ4v) is 9.18. The second-order valence-corrected chi connectivity index (χ2v) is 17.2. The maximum absolute atomic E-state index is 8.00. The number of hydrogen-bond acceptors (Lipinski definition) is 1. The average Bonchev–Trinajstić information content (AvgIpc) is 3.56. The van der Waals surface area contributed by atoms with E-state index in [0.29, 0.717) is 5.69 Å². The van der Waals surface area contributed by atoms with E-state index in [9.17, 15) is 0 Å². The van der Waals surface area contributed by atoms with Gasteiger partial charge < -0.3 is 4.90 Å². The van der Waals surface area contributed by atoms with Crippen molar-refractivity contribution in [2.75, 3.05) is 4.90 Å². The third-order valence-electron chi connectivity index (χ3n) is 11.6. The Bertz CT molecular complexity index is 2360. The van der Waals surface area contributed by atoms with E-state index in [1.165, 1.54) is 89.3 Å². The highest BCUT2D eigenvalue weighted by atomic mass is 15.2. The molecular weight excluding hydrogens is 629 g/mol. The van der Waals surface area contributed by atoms with E-state index in [1.807, 2.05) is 6.07 Å². The van der Waals surface area contributed by atoms with Crippen molar-refractivity contribution < 1.29 is 0 Å². The number of anilines is 3. The topological polar surface area (TPSA) is 7.60 Å². The number of nitrogens with zero attached hydrogens (tertiary/aromatic N) is 2. The Morgan fingerprint density at radius 1 is 0.481 bits per heavy atom. The predicted octanol–water partition coefficient (Wildman–Crippen LogP) is 13.9. The molecule has 0 amide bonds. The molecule has 0 N–H and O–H groups in total. The maximum Gasteiger partial charge on any atom is 0.187 e. The van der Waals surface area contributed by atoms with Crippen LogP contribution in [0.25, 0.3) is 27.1 Å². The molecule has 2 aliphatic carbocycles. The number of fused-ring (bicyclic) bond motifs is 10. The van der Waals surface area contributed by atoms with Gasteiger partial charge in [0, 0.05) is 5.69 Å². The van der Waals surface area contributed by atoms with Crippen molar-refractivity contribution in [3.8, 4) is 22.3 Å². The van der Waals surface area contributed by atoms with Gasteiger partial charge in [0.2, 0.25) is 0 Å².